The maximum atomic E-state index is 13.2. The third-order valence-electron chi connectivity index (χ3n) is 6.45. The van der Waals surface area contributed by atoms with E-state index in [1.807, 2.05) is 13.8 Å². The number of likely N-dealkylation sites (tertiary alicyclic amines) is 1. The second-order valence-corrected chi connectivity index (χ2v) is 9.20. The number of morpholine rings is 1. The molecular weight excluding hydrogens is 468 g/mol. The van der Waals surface area contributed by atoms with Gasteiger partial charge in [0.05, 0.1) is 31.4 Å². The van der Waals surface area contributed by atoms with Crippen LogP contribution in [0, 0.1) is 6.92 Å². The molecular formula is C27H31ClN2O5. The Balaban J connectivity index is 1.67. The second-order valence-electron chi connectivity index (χ2n) is 8.76. The summed E-state index contributed by atoms with van der Waals surface area (Å²) in [5, 5.41) is 11.8. The first-order chi connectivity index (χ1) is 16.9. The van der Waals surface area contributed by atoms with Gasteiger partial charge in [0, 0.05) is 36.8 Å². The number of carbonyl (C=O) groups excluding carboxylic acids is 2. The molecule has 8 heteroatoms. The van der Waals surface area contributed by atoms with Crippen LogP contribution in [0.2, 0.25) is 5.02 Å². The summed E-state index contributed by atoms with van der Waals surface area (Å²) in [5.41, 5.74) is 2.12. The minimum Gasteiger partial charge on any atom is -0.507 e. The summed E-state index contributed by atoms with van der Waals surface area (Å²) < 4.78 is 11.0. The zero-order chi connectivity index (χ0) is 24.9. The van der Waals surface area contributed by atoms with Crippen LogP contribution in [-0.2, 0) is 14.3 Å². The van der Waals surface area contributed by atoms with Gasteiger partial charge in [0.1, 0.15) is 11.5 Å². The van der Waals surface area contributed by atoms with Gasteiger partial charge in [0.2, 0.25) is 0 Å². The molecule has 35 heavy (non-hydrogen) atoms. The SMILES string of the molecule is CCOc1ccc(/C(O)=C2\C(=O)C(=O)N(CCCN3CCOCC3)C2c2ccc(Cl)cc2)cc1C. The summed E-state index contributed by atoms with van der Waals surface area (Å²) in [5.74, 6) is -0.761. The third-order valence-corrected chi connectivity index (χ3v) is 6.70. The lowest BCUT2D eigenvalue weighted by molar-refractivity contribution is -0.140. The molecule has 2 aliphatic heterocycles. The van der Waals surface area contributed by atoms with Crippen LogP contribution in [0.4, 0.5) is 0 Å². The molecule has 4 rings (SSSR count). The van der Waals surface area contributed by atoms with E-state index < -0.39 is 17.7 Å². The Morgan fingerprint density at radius 1 is 1.11 bits per heavy atom. The summed E-state index contributed by atoms with van der Waals surface area (Å²) >= 11 is 6.10. The summed E-state index contributed by atoms with van der Waals surface area (Å²) in [6, 6.07) is 11.6. The molecule has 2 heterocycles. The van der Waals surface area contributed by atoms with Crippen LogP contribution < -0.4 is 4.74 Å². The van der Waals surface area contributed by atoms with E-state index in [9.17, 15) is 14.7 Å². The first-order valence-electron chi connectivity index (χ1n) is 12.0. The number of aliphatic hydroxyl groups excluding tert-OH is 1. The van der Waals surface area contributed by atoms with Crippen LogP contribution in [-0.4, -0.2) is 72.6 Å². The Hall–Kier alpha value is -2.87. The van der Waals surface area contributed by atoms with Gasteiger partial charge in [-0.3, -0.25) is 14.5 Å². The topological polar surface area (TPSA) is 79.3 Å². The lowest BCUT2D eigenvalue weighted by Gasteiger charge is -2.29. The summed E-state index contributed by atoms with van der Waals surface area (Å²) in [6.45, 7) is 8.63. The molecule has 0 aromatic heterocycles. The molecule has 0 bridgehead atoms. The normalized spacial score (nSPS) is 20.4. The molecule has 0 radical (unpaired) electrons. The Morgan fingerprint density at radius 2 is 1.83 bits per heavy atom. The van der Waals surface area contributed by atoms with Crippen LogP contribution in [0.5, 0.6) is 5.75 Å². The van der Waals surface area contributed by atoms with Crippen LogP contribution in [0.1, 0.15) is 36.1 Å². The Morgan fingerprint density at radius 3 is 2.49 bits per heavy atom. The van der Waals surface area contributed by atoms with Crippen molar-refractivity contribution in [2.24, 2.45) is 0 Å². The fourth-order valence-electron chi connectivity index (χ4n) is 4.66. The quantitative estimate of drug-likeness (QED) is 0.334. The Labute approximate surface area is 210 Å². The van der Waals surface area contributed by atoms with Crippen molar-refractivity contribution in [3.8, 4) is 5.75 Å². The maximum absolute atomic E-state index is 13.2. The molecule has 7 nitrogen and oxygen atoms in total. The van der Waals surface area contributed by atoms with Crippen molar-refractivity contribution in [3.05, 3.63) is 69.8 Å². The number of Topliss-reactive ketones (excluding diaryl/α,β-unsaturated/α-hetero) is 1. The highest BCUT2D eigenvalue weighted by atomic mass is 35.5. The van der Waals surface area contributed by atoms with Crippen LogP contribution >= 0.6 is 11.6 Å². The number of hydrogen-bond donors (Lipinski definition) is 1. The molecule has 0 saturated carbocycles. The van der Waals surface area contributed by atoms with E-state index in [0.717, 1.165) is 30.8 Å². The largest absolute Gasteiger partial charge is 0.507 e. The minimum atomic E-state index is -0.691. The molecule has 0 spiro atoms. The number of amides is 1. The first-order valence-corrected chi connectivity index (χ1v) is 12.4. The van der Waals surface area contributed by atoms with Crippen molar-refractivity contribution in [2.75, 3.05) is 46.0 Å². The number of carbonyl (C=O) groups is 2. The van der Waals surface area contributed by atoms with E-state index in [1.165, 1.54) is 0 Å². The van der Waals surface area contributed by atoms with Gasteiger partial charge in [-0.05, 0) is 61.7 Å². The molecule has 186 valence electrons. The van der Waals surface area contributed by atoms with Crippen molar-refractivity contribution >= 4 is 29.1 Å². The average Bonchev–Trinajstić information content (AvgIpc) is 3.11. The third kappa shape index (κ3) is 5.53. The van der Waals surface area contributed by atoms with E-state index in [1.54, 1.807) is 47.4 Å². The average molecular weight is 499 g/mol. The highest BCUT2D eigenvalue weighted by Gasteiger charge is 2.45. The van der Waals surface area contributed by atoms with Gasteiger partial charge in [-0.1, -0.05) is 23.7 Å². The molecule has 1 unspecified atom stereocenters. The van der Waals surface area contributed by atoms with Gasteiger partial charge < -0.3 is 19.5 Å². The van der Waals surface area contributed by atoms with Crippen molar-refractivity contribution in [1.82, 2.24) is 9.80 Å². The number of rotatable bonds is 8. The highest BCUT2D eigenvalue weighted by molar-refractivity contribution is 6.46. The van der Waals surface area contributed by atoms with Gasteiger partial charge in [-0.25, -0.2) is 0 Å². The number of aliphatic hydroxyl groups is 1. The molecule has 2 aliphatic rings. The van der Waals surface area contributed by atoms with Crippen LogP contribution in [0.15, 0.2) is 48.0 Å². The van der Waals surface area contributed by atoms with Gasteiger partial charge in [-0.15, -0.1) is 0 Å². The van der Waals surface area contributed by atoms with E-state index >= 15 is 0 Å². The predicted molar refractivity (Wildman–Crippen MR) is 135 cm³/mol. The number of ketones is 1. The predicted octanol–water partition coefficient (Wildman–Crippen LogP) is 4.19. The zero-order valence-electron chi connectivity index (χ0n) is 20.1. The summed E-state index contributed by atoms with van der Waals surface area (Å²) in [4.78, 5) is 30.2. The smallest absolute Gasteiger partial charge is 0.295 e. The molecule has 2 aromatic rings. The maximum Gasteiger partial charge on any atom is 0.295 e. The fourth-order valence-corrected chi connectivity index (χ4v) is 4.79. The lowest BCUT2D eigenvalue weighted by atomic mass is 9.94. The van der Waals surface area contributed by atoms with Crippen molar-refractivity contribution in [2.45, 2.75) is 26.3 Å². The summed E-state index contributed by atoms with van der Waals surface area (Å²) in [7, 11) is 0. The molecule has 1 atom stereocenters. The van der Waals surface area contributed by atoms with E-state index in [4.69, 9.17) is 21.1 Å². The standard InChI is InChI=1S/C27H31ClN2O5/c1-3-35-22-10-7-20(17-18(22)2)25(31)23-24(19-5-8-21(28)9-6-19)30(27(33)26(23)32)12-4-11-29-13-15-34-16-14-29/h5-10,17,24,31H,3-4,11-16H2,1-2H3/b25-23+. The molecule has 1 N–H and O–H groups in total. The van der Waals surface area contributed by atoms with Crippen LogP contribution in [0.25, 0.3) is 5.76 Å². The molecule has 2 fully saturated rings. The van der Waals surface area contributed by atoms with Gasteiger partial charge in [0.25, 0.3) is 11.7 Å². The molecule has 2 saturated heterocycles. The molecule has 2 aromatic carbocycles. The number of nitrogens with zero attached hydrogens (tertiary/aromatic N) is 2. The summed E-state index contributed by atoms with van der Waals surface area (Å²) in [6.07, 6.45) is 0.708. The van der Waals surface area contributed by atoms with Gasteiger partial charge in [-0.2, -0.15) is 0 Å². The number of aryl methyl sites for hydroxylation is 1. The number of halogens is 1. The monoisotopic (exact) mass is 498 g/mol. The first kappa shape index (κ1) is 25.2. The van der Waals surface area contributed by atoms with Crippen molar-refractivity contribution < 1.29 is 24.2 Å². The minimum absolute atomic E-state index is 0.0901. The zero-order valence-corrected chi connectivity index (χ0v) is 20.9. The number of benzene rings is 2. The van der Waals surface area contributed by atoms with Crippen molar-refractivity contribution in [1.29, 1.82) is 0 Å². The number of ether oxygens (including phenoxy) is 2. The van der Waals surface area contributed by atoms with E-state index in [-0.39, 0.29) is 11.3 Å². The Kier molecular flexibility index (Phi) is 8.11. The lowest BCUT2D eigenvalue weighted by Crippen LogP contribution is -2.38. The van der Waals surface area contributed by atoms with Crippen LogP contribution in [0.3, 0.4) is 0 Å². The van der Waals surface area contributed by atoms with Crippen molar-refractivity contribution in [3.63, 3.8) is 0 Å². The molecule has 1 amide bonds. The van der Waals surface area contributed by atoms with E-state index in [2.05, 4.69) is 4.90 Å². The Bertz CT molecular complexity index is 1110. The fraction of sp³-hybridized carbons (Fsp3) is 0.407. The van der Waals surface area contributed by atoms with Gasteiger partial charge >= 0.3 is 0 Å². The number of hydrogen-bond acceptors (Lipinski definition) is 6. The van der Waals surface area contributed by atoms with Gasteiger partial charge in [0.15, 0.2) is 0 Å². The molecule has 0 aliphatic carbocycles. The highest BCUT2D eigenvalue weighted by Crippen LogP contribution is 2.40. The second kappa shape index (κ2) is 11.2. The van der Waals surface area contributed by atoms with E-state index in [0.29, 0.717) is 49.1 Å².